The van der Waals surface area contributed by atoms with Gasteiger partial charge in [-0.15, -0.1) is 11.3 Å². The van der Waals surface area contributed by atoms with Crippen LogP contribution in [0.3, 0.4) is 0 Å². The van der Waals surface area contributed by atoms with Gasteiger partial charge >= 0.3 is 0 Å². The van der Waals surface area contributed by atoms with E-state index in [-0.39, 0.29) is 12.3 Å². The molecule has 3 aromatic rings. The first kappa shape index (κ1) is 20.7. The van der Waals surface area contributed by atoms with Gasteiger partial charge in [0.1, 0.15) is 5.01 Å². The molecule has 0 aliphatic carbocycles. The largest absolute Gasteiger partial charge is 0.326 e. The zero-order chi connectivity index (χ0) is 21.1. The number of nitrogens with zero attached hydrogens (tertiary/aromatic N) is 2. The first-order chi connectivity index (χ1) is 14.4. The van der Waals surface area contributed by atoms with E-state index in [1.54, 1.807) is 24.3 Å². The fourth-order valence-corrected chi connectivity index (χ4v) is 5.78. The predicted octanol–water partition coefficient (Wildman–Crippen LogP) is 4.08. The van der Waals surface area contributed by atoms with Crippen LogP contribution in [0.5, 0.6) is 0 Å². The van der Waals surface area contributed by atoms with Crippen LogP contribution in [0.2, 0.25) is 0 Å². The molecule has 156 valence electrons. The van der Waals surface area contributed by atoms with Crippen LogP contribution in [0.15, 0.2) is 58.8 Å². The van der Waals surface area contributed by atoms with Crippen molar-refractivity contribution < 1.29 is 13.2 Å². The number of carbonyl (C=O) groups is 1. The molecular formula is C22H23N3O3S2. The smallest absolute Gasteiger partial charge is 0.243 e. The summed E-state index contributed by atoms with van der Waals surface area (Å²) in [5.41, 5.74) is 3.42. The lowest BCUT2D eigenvalue weighted by Gasteiger charge is -2.15. The SMILES string of the molecule is Cc1cccc(NC(=O)Cc2nc(-c3ccc(S(=O)(=O)N4CCCC4)cc3)cs2)c1. The number of hydrogen-bond acceptors (Lipinski definition) is 5. The van der Waals surface area contributed by atoms with Crippen molar-refractivity contribution in [1.29, 1.82) is 0 Å². The zero-order valence-corrected chi connectivity index (χ0v) is 18.3. The number of sulfonamides is 1. The highest BCUT2D eigenvalue weighted by Crippen LogP contribution is 2.26. The Kier molecular flexibility index (Phi) is 5.99. The monoisotopic (exact) mass is 441 g/mol. The number of aromatic nitrogens is 1. The number of anilines is 1. The molecule has 0 bridgehead atoms. The summed E-state index contributed by atoms with van der Waals surface area (Å²) in [6.45, 7) is 3.15. The lowest BCUT2D eigenvalue weighted by atomic mass is 10.2. The molecule has 0 atom stereocenters. The highest BCUT2D eigenvalue weighted by molar-refractivity contribution is 7.89. The van der Waals surface area contributed by atoms with Crippen molar-refractivity contribution in [2.75, 3.05) is 18.4 Å². The van der Waals surface area contributed by atoms with Crippen molar-refractivity contribution in [1.82, 2.24) is 9.29 Å². The van der Waals surface area contributed by atoms with Gasteiger partial charge in [0, 0.05) is 29.7 Å². The van der Waals surface area contributed by atoms with Gasteiger partial charge < -0.3 is 5.32 Å². The molecule has 0 saturated carbocycles. The van der Waals surface area contributed by atoms with E-state index in [0.717, 1.165) is 35.3 Å². The molecule has 6 nitrogen and oxygen atoms in total. The van der Waals surface area contributed by atoms with Gasteiger partial charge in [0.25, 0.3) is 0 Å². The average molecular weight is 442 g/mol. The van der Waals surface area contributed by atoms with Crippen LogP contribution in [-0.4, -0.2) is 36.7 Å². The molecule has 4 rings (SSSR count). The maximum atomic E-state index is 12.6. The van der Waals surface area contributed by atoms with Gasteiger partial charge in [-0.1, -0.05) is 24.3 Å². The predicted molar refractivity (Wildman–Crippen MR) is 119 cm³/mol. The molecule has 8 heteroatoms. The molecule has 1 aromatic heterocycles. The second kappa shape index (κ2) is 8.67. The Morgan fingerprint density at radius 1 is 1.13 bits per heavy atom. The molecule has 1 fully saturated rings. The van der Waals surface area contributed by atoms with Crippen molar-refractivity contribution in [2.24, 2.45) is 0 Å². The molecule has 1 saturated heterocycles. The molecule has 1 amide bonds. The molecule has 0 spiro atoms. The van der Waals surface area contributed by atoms with Gasteiger partial charge in [-0.3, -0.25) is 4.79 Å². The highest BCUT2D eigenvalue weighted by atomic mass is 32.2. The zero-order valence-electron chi connectivity index (χ0n) is 16.7. The molecular weight excluding hydrogens is 418 g/mol. The Balaban J connectivity index is 1.43. The van der Waals surface area contributed by atoms with Crippen molar-refractivity contribution in [3.8, 4) is 11.3 Å². The summed E-state index contributed by atoms with van der Waals surface area (Å²) in [5.74, 6) is -0.117. The van der Waals surface area contributed by atoms with Crippen LogP contribution < -0.4 is 5.32 Å². The lowest BCUT2D eigenvalue weighted by Crippen LogP contribution is -2.27. The minimum absolute atomic E-state index is 0.117. The highest BCUT2D eigenvalue weighted by Gasteiger charge is 2.27. The van der Waals surface area contributed by atoms with Crippen LogP contribution in [0.25, 0.3) is 11.3 Å². The topological polar surface area (TPSA) is 79.4 Å². The number of amides is 1. The number of thiazole rings is 1. The number of aryl methyl sites for hydroxylation is 1. The Labute approximate surface area is 180 Å². The summed E-state index contributed by atoms with van der Waals surface area (Å²) in [4.78, 5) is 17.2. The second-order valence-electron chi connectivity index (χ2n) is 7.36. The van der Waals surface area contributed by atoms with Gasteiger partial charge in [-0.2, -0.15) is 4.31 Å². The van der Waals surface area contributed by atoms with Gasteiger partial charge in [0.05, 0.1) is 17.0 Å². The fraction of sp³-hybridized carbons (Fsp3) is 0.273. The van der Waals surface area contributed by atoms with E-state index < -0.39 is 10.0 Å². The van der Waals surface area contributed by atoms with Crippen LogP contribution in [0.1, 0.15) is 23.4 Å². The van der Waals surface area contributed by atoms with E-state index in [9.17, 15) is 13.2 Å². The van der Waals surface area contributed by atoms with Gasteiger partial charge in [-0.05, 0) is 49.6 Å². The second-order valence-corrected chi connectivity index (χ2v) is 10.2. The van der Waals surface area contributed by atoms with Crippen molar-refractivity contribution in [2.45, 2.75) is 31.1 Å². The van der Waals surface area contributed by atoms with Gasteiger partial charge in [-0.25, -0.2) is 13.4 Å². The molecule has 2 heterocycles. The van der Waals surface area contributed by atoms with E-state index in [1.165, 1.54) is 15.6 Å². The first-order valence-electron chi connectivity index (χ1n) is 9.83. The normalized spacial score (nSPS) is 14.7. The average Bonchev–Trinajstić information content (AvgIpc) is 3.41. The molecule has 2 aromatic carbocycles. The maximum absolute atomic E-state index is 12.6. The summed E-state index contributed by atoms with van der Waals surface area (Å²) >= 11 is 1.42. The first-order valence-corrected chi connectivity index (χ1v) is 12.2. The maximum Gasteiger partial charge on any atom is 0.243 e. The van der Waals surface area contributed by atoms with Gasteiger partial charge in [0.15, 0.2) is 0 Å². The summed E-state index contributed by atoms with van der Waals surface area (Å²) in [7, 11) is -3.42. The number of nitrogens with one attached hydrogen (secondary N) is 1. The van der Waals surface area contributed by atoms with E-state index in [0.29, 0.717) is 23.0 Å². The molecule has 0 radical (unpaired) electrons. The quantitative estimate of drug-likeness (QED) is 0.625. The third kappa shape index (κ3) is 4.61. The van der Waals surface area contributed by atoms with Gasteiger partial charge in [0.2, 0.25) is 15.9 Å². The Morgan fingerprint density at radius 2 is 1.87 bits per heavy atom. The number of hydrogen-bond donors (Lipinski definition) is 1. The van der Waals surface area contributed by atoms with Crippen LogP contribution in [-0.2, 0) is 21.2 Å². The summed E-state index contributed by atoms with van der Waals surface area (Å²) in [6, 6.07) is 14.5. The van der Waals surface area contributed by atoms with Crippen LogP contribution in [0, 0.1) is 6.92 Å². The van der Waals surface area contributed by atoms with Crippen molar-refractivity contribution >= 4 is 33.0 Å². The van der Waals surface area contributed by atoms with E-state index in [4.69, 9.17) is 0 Å². The number of rotatable bonds is 6. The van der Waals surface area contributed by atoms with E-state index >= 15 is 0 Å². The molecule has 0 unspecified atom stereocenters. The summed E-state index contributed by atoms with van der Waals surface area (Å²) in [6.07, 6.45) is 2.02. The van der Waals surface area contributed by atoms with E-state index in [1.807, 2.05) is 36.6 Å². The summed E-state index contributed by atoms with van der Waals surface area (Å²) in [5, 5.41) is 5.49. The number of carbonyl (C=O) groups excluding carboxylic acids is 1. The molecule has 1 aliphatic heterocycles. The number of benzene rings is 2. The van der Waals surface area contributed by atoms with Crippen LogP contribution in [0.4, 0.5) is 5.69 Å². The Bertz CT molecular complexity index is 1150. The lowest BCUT2D eigenvalue weighted by molar-refractivity contribution is -0.115. The Morgan fingerprint density at radius 3 is 2.57 bits per heavy atom. The third-order valence-electron chi connectivity index (χ3n) is 5.02. The fourth-order valence-electron chi connectivity index (χ4n) is 3.47. The van der Waals surface area contributed by atoms with Crippen molar-refractivity contribution in [3.05, 3.63) is 64.5 Å². The van der Waals surface area contributed by atoms with Crippen LogP contribution >= 0.6 is 11.3 Å². The minimum atomic E-state index is -3.42. The molecule has 30 heavy (non-hydrogen) atoms. The van der Waals surface area contributed by atoms with Crippen molar-refractivity contribution in [3.63, 3.8) is 0 Å². The molecule has 1 aliphatic rings. The standard InChI is InChI=1S/C22H23N3O3S2/c1-16-5-4-6-18(13-16)23-21(26)14-22-24-20(15-29-22)17-7-9-19(10-8-17)30(27,28)25-11-2-3-12-25/h4-10,13,15H,2-3,11-12,14H2,1H3,(H,23,26). The third-order valence-corrected chi connectivity index (χ3v) is 7.78. The molecule has 1 N–H and O–H groups in total. The Hall–Kier alpha value is -2.55. The summed E-state index contributed by atoms with van der Waals surface area (Å²) < 4.78 is 26.8. The minimum Gasteiger partial charge on any atom is -0.326 e. The van der Waals surface area contributed by atoms with E-state index in [2.05, 4.69) is 10.3 Å².